The van der Waals surface area contributed by atoms with Crippen molar-refractivity contribution in [3.63, 3.8) is 0 Å². The van der Waals surface area contributed by atoms with Gasteiger partial charge in [-0.25, -0.2) is 4.98 Å². The molecule has 1 aromatic carbocycles. The lowest BCUT2D eigenvalue weighted by atomic mass is 9.95. The van der Waals surface area contributed by atoms with Crippen molar-refractivity contribution in [1.29, 1.82) is 5.26 Å². The van der Waals surface area contributed by atoms with E-state index in [1.165, 1.54) is 11.1 Å². The summed E-state index contributed by atoms with van der Waals surface area (Å²) >= 11 is 6.16. The van der Waals surface area contributed by atoms with Gasteiger partial charge in [-0.1, -0.05) is 41.4 Å². The third kappa shape index (κ3) is 4.71. The molecule has 0 spiro atoms. The number of aromatic nitrogens is 3. The summed E-state index contributed by atoms with van der Waals surface area (Å²) in [6.45, 7) is 7.89. The van der Waals surface area contributed by atoms with Crippen molar-refractivity contribution in [1.82, 2.24) is 19.4 Å². The van der Waals surface area contributed by atoms with Crippen LogP contribution in [0.3, 0.4) is 0 Å². The van der Waals surface area contributed by atoms with Crippen LogP contribution in [-0.2, 0) is 7.05 Å². The minimum Gasteiger partial charge on any atom is -0.364 e. The van der Waals surface area contributed by atoms with E-state index in [9.17, 15) is 10.1 Å². The number of aryl methyl sites for hydroxylation is 2. The molecule has 0 amide bonds. The number of pyridine rings is 3. The van der Waals surface area contributed by atoms with E-state index in [1.54, 1.807) is 36.0 Å². The smallest absolute Gasteiger partial charge is 0.252 e. The van der Waals surface area contributed by atoms with Gasteiger partial charge in [0.2, 0.25) is 0 Å². The van der Waals surface area contributed by atoms with Crippen molar-refractivity contribution in [3.05, 3.63) is 98.7 Å². The van der Waals surface area contributed by atoms with E-state index in [2.05, 4.69) is 65.9 Å². The van der Waals surface area contributed by atoms with Crippen molar-refractivity contribution in [2.45, 2.75) is 38.9 Å². The molecule has 5 rings (SSSR count). The van der Waals surface area contributed by atoms with E-state index >= 15 is 0 Å². The lowest BCUT2D eigenvalue weighted by molar-refractivity contribution is 0.128. The number of fused-ring (bicyclic) bond motifs is 1. The van der Waals surface area contributed by atoms with Crippen LogP contribution < -0.4 is 10.5 Å². The molecule has 1 aliphatic rings. The second-order valence-electron chi connectivity index (χ2n) is 9.86. The standard InChI is InChI=1S/C29H29ClN6O/c1-18-5-7-21(8-6-18)29(24-11-9-22(30)15-32-24)36-17-19(2)35(16-20(36)3)26-13-27(37)34(4)25-12-10-23(14-31)33-28(25)26/h5-13,15,19-20,29H,16-17H2,1-4H3/t19-,20+,29?/m0/s1. The number of hydrogen-bond donors (Lipinski definition) is 0. The molecule has 188 valence electrons. The van der Waals surface area contributed by atoms with Crippen LogP contribution in [-0.4, -0.2) is 44.6 Å². The second kappa shape index (κ2) is 9.97. The lowest BCUT2D eigenvalue weighted by Gasteiger charge is -2.48. The third-order valence-electron chi connectivity index (χ3n) is 7.28. The maximum absolute atomic E-state index is 12.9. The number of nitriles is 1. The zero-order valence-corrected chi connectivity index (χ0v) is 22.1. The number of hydrogen-bond acceptors (Lipinski definition) is 6. The maximum Gasteiger partial charge on any atom is 0.252 e. The second-order valence-corrected chi connectivity index (χ2v) is 10.3. The van der Waals surface area contributed by atoms with E-state index in [1.807, 2.05) is 12.1 Å². The van der Waals surface area contributed by atoms with Crippen molar-refractivity contribution >= 4 is 28.3 Å². The largest absolute Gasteiger partial charge is 0.364 e. The normalized spacial score (nSPS) is 19.1. The van der Waals surface area contributed by atoms with Gasteiger partial charge in [0.25, 0.3) is 5.56 Å². The molecule has 0 N–H and O–H groups in total. The average molecular weight is 513 g/mol. The molecule has 0 radical (unpaired) electrons. The Morgan fingerprint density at radius 3 is 2.49 bits per heavy atom. The van der Waals surface area contributed by atoms with E-state index in [-0.39, 0.29) is 23.7 Å². The van der Waals surface area contributed by atoms with Crippen molar-refractivity contribution < 1.29 is 0 Å². The topological polar surface area (TPSA) is 78.0 Å². The summed E-state index contributed by atoms with van der Waals surface area (Å²) in [5, 5.41) is 10.1. The van der Waals surface area contributed by atoms with Gasteiger partial charge in [-0.2, -0.15) is 5.26 Å². The molecule has 4 aromatic rings. The fourth-order valence-corrected chi connectivity index (χ4v) is 5.38. The highest BCUT2D eigenvalue weighted by Gasteiger charge is 2.36. The van der Waals surface area contributed by atoms with Crippen molar-refractivity contribution in [2.75, 3.05) is 18.0 Å². The average Bonchev–Trinajstić information content (AvgIpc) is 2.90. The van der Waals surface area contributed by atoms with Gasteiger partial charge < -0.3 is 9.47 Å². The first-order chi connectivity index (χ1) is 17.8. The summed E-state index contributed by atoms with van der Waals surface area (Å²) in [6, 6.07) is 19.9. The molecule has 8 heteroatoms. The van der Waals surface area contributed by atoms with Crippen molar-refractivity contribution in [3.8, 4) is 6.07 Å². The molecule has 37 heavy (non-hydrogen) atoms. The molecule has 0 saturated carbocycles. The SMILES string of the molecule is Cc1ccc(C(c2ccc(Cl)cn2)N2C[C@H](C)N(c3cc(=O)n(C)c4ccc(C#N)nc34)C[C@H]2C)cc1. The highest BCUT2D eigenvalue weighted by molar-refractivity contribution is 6.30. The predicted molar refractivity (Wildman–Crippen MR) is 147 cm³/mol. The van der Waals surface area contributed by atoms with Gasteiger partial charge >= 0.3 is 0 Å². The monoisotopic (exact) mass is 512 g/mol. The molecule has 0 aliphatic carbocycles. The van der Waals surface area contributed by atoms with Gasteiger partial charge in [-0.15, -0.1) is 0 Å². The zero-order chi connectivity index (χ0) is 26.3. The van der Waals surface area contributed by atoms with Gasteiger partial charge in [0.05, 0.1) is 28.0 Å². The first kappa shape index (κ1) is 24.9. The summed E-state index contributed by atoms with van der Waals surface area (Å²) < 4.78 is 1.58. The number of halogens is 1. The molecule has 7 nitrogen and oxygen atoms in total. The van der Waals surface area contributed by atoms with E-state index in [0.29, 0.717) is 28.3 Å². The van der Waals surface area contributed by atoms with Gasteiger partial charge in [0, 0.05) is 44.5 Å². The Labute approximate surface area is 221 Å². The Kier molecular flexibility index (Phi) is 6.72. The summed E-state index contributed by atoms with van der Waals surface area (Å²) in [5.74, 6) is 0. The Hall–Kier alpha value is -3.73. The van der Waals surface area contributed by atoms with Crippen LogP contribution in [0.15, 0.2) is 65.6 Å². The van der Waals surface area contributed by atoms with Crippen LogP contribution >= 0.6 is 11.6 Å². The summed E-state index contributed by atoms with van der Waals surface area (Å²) in [5.41, 5.74) is 5.71. The summed E-state index contributed by atoms with van der Waals surface area (Å²) in [6.07, 6.45) is 1.70. The van der Waals surface area contributed by atoms with Crippen LogP contribution in [0.5, 0.6) is 0 Å². The first-order valence-electron chi connectivity index (χ1n) is 12.4. The maximum atomic E-state index is 12.9. The molecule has 3 aromatic heterocycles. The van der Waals surface area contributed by atoms with Crippen LogP contribution in [0, 0.1) is 18.3 Å². The highest BCUT2D eigenvalue weighted by Crippen LogP contribution is 2.35. The van der Waals surface area contributed by atoms with Gasteiger partial charge in [-0.05, 0) is 50.6 Å². The Morgan fingerprint density at radius 2 is 1.81 bits per heavy atom. The van der Waals surface area contributed by atoms with Gasteiger partial charge in [-0.3, -0.25) is 14.7 Å². The third-order valence-corrected chi connectivity index (χ3v) is 7.51. The molecule has 1 fully saturated rings. The molecule has 4 heterocycles. The fraction of sp³-hybridized carbons (Fsp3) is 0.310. The number of benzene rings is 1. The Morgan fingerprint density at radius 1 is 1.05 bits per heavy atom. The fourth-order valence-electron chi connectivity index (χ4n) is 5.27. The number of nitrogens with zero attached hydrogens (tertiary/aromatic N) is 6. The molecule has 1 saturated heterocycles. The van der Waals surface area contributed by atoms with E-state index in [0.717, 1.165) is 17.9 Å². The molecule has 0 bridgehead atoms. The number of piperazine rings is 1. The summed E-state index contributed by atoms with van der Waals surface area (Å²) in [4.78, 5) is 26.9. The van der Waals surface area contributed by atoms with Crippen LogP contribution in [0.2, 0.25) is 5.02 Å². The molecule has 1 aliphatic heterocycles. The van der Waals surface area contributed by atoms with Crippen LogP contribution in [0.1, 0.15) is 42.4 Å². The first-order valence-corrected chi connectivity index (χ1v) is 12.8. The lowest BCUT2D eigenvalue weighted by Crippen LogP contribution is -2.57. The van der Waals surface area contributed by atoms with Gasteiger partial charge in [0.1, 0.15) is 17.3 Å². The van der Waals surface area contributed by atoms with Crippen LogP contribution in [0.4, 0.5) is 5.69 Å². The quantitative estimate of drug-likeness (QED) is 0.389. The van der Waals surface area contributed by atoms with E-state index in [4.69, 9.17) is 16.6 Å². The van der Waals surface area contributed by atoms with Crippen LogP contribution in [0.25, 0.3) is 11.0 Å². The summed E-state index contributed by atoms with van der Waals surface area (Å²) in [7, 11) is 1.73. The molecular weight excluding hydrogens is 484 g/mol. The number of rotatable bonds is 4. The van der Waals surface area contributed by atoms with E-state index < -0.39 is 0 Å². The molecular formula is C29H29ClN6O. The Bertz CT molecular complexity index is 1500. The minimum atomic E-state index is -0.0980. The Balaban J connectivity index is 1.55. The van der Waals surface area contributed by atoms with Gasteiger partial charge in [0.15, 0.2) is 0 Å². The predicted octanol–water partition coefficient (Wildman–Crippen LogP) is 4.85. The van der Waals surface area contributed by atoms with Crippen molar-refractivity contribution in [2.24, 2.45) is 7.05 Å². The minimum absolute atomic E-state index is 0.0406. The number of anilines is 1. The zero-order valence-electron chi connectivity index (χ0n) is 21.4. The molecule has 1 unspecified atom stereocenters. The highest BCUT2D eigenvalue weighted by atomic mass is 35.5. The molecule has 3 atom stereocenters.